The number of nitrogens with zero attached hydrogens (tertiary/aromatic N) is 1. The molecule has 196 valence electrons. The fourth-order valence-electron chi connectivity index (χ4n) is 5.44. The second kappa shape index (κ2) is 11.3. The molecule has 0 spiro atoms. The van der Waals surface area contributed by atoms with Crippen LogP contribution >= 0.6 is 0 Å². The highest BCUT2D eigenvalue weighted by molar-refractivity contribution is 7.13. The van der Waals surface area contributed by atoms with E-state index in [1.807, 2.05) is 91.0 Å². The van der Waals surface area contributed by atoms with Gasteiger partial charge in [0.2, 0.25) is 0 Å². The maximum Gasteiger partial charge on any atom is 0.390 e. The Kier molecular flexibility index (Phi) is 7.45. The predicted molar refractivity (Wildman–Crippen MR) is 166 cm³/mol. The zero-order valence-electron chi connectivity index (χ0n) is 22.0. The van der Waals surface area contributed by atoms with E-state index in [0.717, 1.165) is 25.9 Å². The Bertz CT molecular complexity index is 1410. The average Bonchev–Trinajstić information content (AvgIpc) is 3.05. The van der Waals surface area contributed by atoms with Crippen molar-refractivity contribution in [1.29, 1.82) is 5.26 Å². The van der Waals surface area contributed by atoms with E-state index in [2.05, 4.69) is 66.7 Å². The maximum atomic E-state index is 9.84. The summed E-state index contributed by atoms with van der Waals surface area (Å²) in [6.07, 6.45) is 0.323. The first-order valence-electron chi connectivity index (χ1n) is 13.5. The van der Waals surface area contributed by atoms with Crippen LogP contribution in [-0.4, -0.2) is 25.7 Å². The van der Waals surface area contributed by atoms with Crippen LogP contribution < -0.4 is 25.9 Å². The molecule has 5 aromatic rings. The highest BCUT2D eigenvalue weighted by Crippen LogP contribution is 2.34. The van der Waals surface area contributed by atoms with E-state index in [-0.39, 0.29) is 0 Å². The SMILES string of the molecule is N#CCC[Si]1(c2ccccc2)O[Si](c2ccccc2)(c2ccccc2)O[Si](c2ccccc2)(c2ccccc2)O1. The van der Waals surface area contributed by atoms with Gasteiger partial charge in [-0.1, -0.05) is 152 Å². The molecule has 1 saturated heterocycles. The number of hydrogen-bond donors (Lipinski definition) is 0. The van der Waals surface area contributed by atoms with E-state index in [4.69, 9.17) is 12.3 Å². The van der Waals surface area contributed by atoms with Gasteiger partial charge < -0.3 is 12.3 Å². The Hall–Kier alpha value is -3.88. The van der Waals surface area contributed by atoms with Crippen molar-refractivity contribution in [3.63, 3.8) is 0 Å². The Morgan fingerprint density at radius 3 is 1.02 bits per heavy atom. The third-order valence-corrected chi connectivity index (χ3v) is 21.0. The van der Waals surface area contributed by atoms with E-state index >= 15 is 0 Å². The van der Waals surface area contributed by atoms with Gasteiger partial charge in [-0.15, -0.1) is 0 Å². The van der Waals surface area contributed by atoms with Gasteiger partial charge >= 0.3 is 25.7 Å². The molecule has 0 unspecified atom stereocenters. The van der Waals surface area contributed by atoms with Crippen LogP contribution in [0.25, 0.3) is 0 Å². The molecule has 0 saturated carbocycles. The lowest BCUT2D eigenvalue weighted by atomic mass is 10.4. The third-order valence-electron chi connectivity index (χ3n) is 7.30. The summed E-state index contributed by atoms with van der Waals surface area (Å²) in [5.41, 5.74) is 0. The highest BCUT2D eigenvalue weighted by Gasteiger charge is 2.66. The van der Waals surface area contributed by atoms with Crippen molar-refractivity contribution in [3.8, 4) is 6.07 Å². The van der Waals surface area contributed by atoms with Gasteiger partial charge in [-0.25, -0.2) is 0 Å². The van der Waals surface area contributed by atoms with Crippen LogP contribution in [0.4, 0.5) is 0 Å². The molecule has 0 radical (unpaired) electrons. The van der Waals surface area contributed by atoms with Crippen molar-refractivity contribution in [2.24, 2.45) is 0 Å². The van der Waals surface area contributed by atoms with Gasteiger partial charge in [-0.3, -0.25) is 0 Å². The topological polar surface area (TPSA) is 51.5 Å². The smallest absolute Gasteiger partial charge is 0.390 e. The summed E-state index contributed by atoms with van der Waals surface area (Å²) in [6, 6.07) is 54.5. The first kappa shape index (κ1) is 26.3. The molecule has 1 heterocycles. The number of hydrogen-bond acceptors (Lipinski definition) is 4. The highest BCUT2D eigenvalue weighted by atomic mass is 28.5. The molecule has 1 fully saturated rings. The van der Waals surface area contributed by atoms with Crippen molar-refractivity contribution >= 4 is 51.6 Å². The minimum absolute atomic E-state index is 0.323. The van der Waals surface area contributed by atoms with E-state index in [1.54, 1.807) is 0 Å². The Labute approximate surface area is 238 Å². The lowest BCUT2D eigenvalue weighted by Crippen LogP contribution is -2.85. The molecule has 0 bridgehead atoms. The van der Waals surface area contributed by atoms with Gasteiger partial charge in [-0.2, -0.15) is 5.26 Å². The van der Waals surface area contributed by atoms with Crippen LogP contribution in [0.3, 0.4) is 0 Å². The largest absolute Gasteiger partial charge is 0.405 e. The van der Waals surface area contributed by atoms with Crippen LogP contribution in [0.15, 0.2) is 152 Å². The standard InChI is InChI=1S/C33H29NO3Si3/c34-27-16-28-38(29-17-6-1-7-18-29)35-39(30-19-8-2-9-20-30,31-21-10-3-11-22-31)37-40(36-38,32-23-12-4-13-24-32)33-25-14-5-15-26-33/h1-15,17-26H,16,28H2. The van der Waals surface area contributed by atoms with E-state index < -0.39 is 25.7 Å². The summed E-state index contributed by atoms with van der Waals surface area (Å²) >= 11 is 0. The zero-order chi connectivity index (χ0) is 27.3. The second-order valence-corrected chi connectivity index (χ2v) is 19.6. The van der Waals surface area contributed by atoms with Crippen LogP contribution in [0.5, 0.6) is 0 Å². The minimum Gasteiger partial charge on any atom is -0.405 e. The molecule has 1 aliphatic rings. The quantitative estimate of drug-likeness (QED) is 0.279. The van der Waals surface area contributed by atoms with Gasteiger partial charge in [0.05, 0.1) is 6.07 Å². The molecule has 0 atom stereocenters. The van der Waals surface area contributed by atoms with E-state index in [0.29, 0.717) is 12.5 Å². The average molecular weight is 572 g/mol. The Morgan fingerprint density at radius 1 is 0.425 bits per heavy atom. The van der Waals surface area contributed by atoms with Crippen LogP contribution in [0.1, 0.15) is 6.42 Å². The summed E-state index contributed by atoms with van der Waals surface area (Å²) in [4.78, 5) is 0. The second-order valence-electron chi connectivity index (χ2n) is 9.78. The fourth-order valence-corrected chi connectivity index (χ4v) is 22.6. The van der Waals surface area contributed by atoms with Crippen molar-refractivity contribution < 1.29 is 12.3 Å². The van der Waals surface area contributed by atoms with Gasteiger partial charge in [0.1, 0.15) is 0 Å². The maximum absolute atomic E-state index is 9.84. The summed E-state index contributed by atoms with van der Waals surface area (Å²) in [7, 11) is -10.1. The number of benzene rings is 5. The molecule has 1 aliphatic heterocycles. The zero-order valence-corrected chi connectivity index (χ0v) is 25.0. The molecule has 5 aromatic carbocycles. The normalized spacial score (nSPS) is 17.0. The van der Waals surface area contributed by atoms with Crippen molar-refractivity contribution in [2.75, 3.05) is 0 Å². The molecule has 0 aliphatic carbocycles. The lowest BCUT2D eigenvalue weighted by molar-refractivity contribution is 0.257. The molecule has 0 aromatic heterocycles. The van der Waals surface area contributed by atoms with Gasteiger partial charge in [0, 0.05) is 12.5 Å². The molecule has 4 nitrogen and oxygen atoms in total. The summed E-state index contributed by atoms with van der Waals surface area (Å²) < 4.78 is 22.7. The molecule has 0 N–H and O–H groups in total. The molecule has 40 heavy (non-hydrogen) atoms. The lowest BCUT2D eigenvalue weighted by Gasteiger charge is -2.53. The fraction of sp³-hybridized carbons (Fsp3) is 0.0606. The molecule has 7 heteroatoms. The van der Waals surface area contributed by atoms with E-state index in [1.165, 1.54) is 0 Å². The first-order chi connectivity index (χ1) is 19.7. The Morgan fingerprint density at radius 2 is 0.725 bits per heavy atom. The molecule has 6 rings (SSSR count). The van der Waals surface area contributed by atoms with Crippen LogP contribution in [-0.2, 0) is 12.3 Å². The van der Waals surface area contributed by atoms with Crippen molar-refractivity contribution in [1.82, 2.24) is 0 Å². The van der Waals surface area contributed by atoms with Gasteiger partial charge in [0.15, 0.2) is 0 Å². The minimum atomic E-state index is -3.42. The number of nitriles is 1. The summed E-state index contributed by atoms with van der Waals surface area (Å²) in [5.74, 6) is 0. The van der Waals surface area contributed by atoms with Crippen molar-refractivity contribution in [3.05, 3.63) is 152 Å². The van der Waals surface area contributed by atoms with Crippen LogP contribution in [0.2, 0.25) is 6.04 Å². The van der Waals surface area contributed by atoms with Gasteiger partial charge in [0.25, 0.3) is 0 Å². The molecule has 0 amide bonds. The third kappa shape index (κ3) is 4.71. The summed E-state index contributed by atoms with van der Waals surface area (Å²) in [5, 5.41) is 15.0. The first-order valence-corrected chi connectivity index (χ1v) is 19.1. The van der Waals surface area contributed by atoms with E-state index in [9.17, 15) is 5.26 Å². The van der Waals surface area contributed by atoms with Crippen molar-refractivity contribution in [2.45, 2.75) is 12.5 Å². The predicted octanol–water partition coefficient (Wildman–Crippen LogP) is 3.83. The molecular formula is C33H29NO3Si3. The Balaban J connectivity index is 1.73. The summed E-state index contributed by atoms with van der Waals surface area (Å²) in [6.45, 7) is 0. The van der Waals surface area contributed by atoms with Crippen LogP contribution in [0, 0.1) is 11.3 Å². The van der Waals surface area contributed by atoms with Gasteiger partial charge in [-0.05, 0) is 25.9 Å². The number of rotatable bonds is 7. The molecular weight excluding hydrogens is 543 g/mol. The monoisotopic (exact) mass is 571 g/mol.